The van der Waals surface area contributed by atoms with Gasteiger partial charge in [-0.3, -0.25) is 0 Å². The van der Waals surface area contributed by atoms with Crippen LogP contribution in [0.15, 0.2) is 43.2 Å². The third-order valence-corrected chi connectivity index (χ3v) is 6.74. The van der Waals surface area contributed by atoms with Crippen molar-refractivity contribution in [1.29, 1.82) is 0 Å². The van der Waals surface area contributed by atoms with E-state index in [0.29, 0.717) is 6.61 Å². The molecule has 1 saturated carbocycles. The fraction of sp³-hybridized carbons (Fsp3) is 0.364. The third kappa shape index (κ3) is 2.33. The van der Waals surface area contributed by atoms with Crippen molar-refractivity contribution in [1.82, 2.24) is 19.5 Å². The van der Waals surface area contributed by atoms with Crippen molar-refractivity contribution in [3.63, 3.8) is 0 Å². The Morgan fingerprint density at radius 2 is 2.14 bits per heavy atom. The van der Waals surface area contributed by atoms with E-state index in [2.05, 4.69) is 21.5 Å². The minimum Gasteiger partial charge on any atom is -0.491 e. The van der Waals surface area contributed by atoms with E-state index in [1.54, 1.807) is 16.6 Å². The van der Waals surface area contributed by atoms with Gasteiger partial charge in [-0.15, -0.1) is 0 Å². The summed E-state index contributed by atoms with van der Waals surface area (Å²) in [5.74, 6) is 1.35. The summed E-state index contributed by atoms with van der Waals surface area (Å²) < 4.78 is 22.3. The number of halogens is 1. The number of ether oxygens (including phenoxy) is 1. The maximum Gasteiger partial charge on any atom is 0.166 e. The predicted molar refractivity (Wildman–Crippen MR) is 108 cm³/mol. The molecule has 4 heterocycles. The van der Waals surface area contributed by atoms with Crippen LogP contribution in [0, 0.1) is 5.82 Å². The van der Waals surface area contributed by atoms with E-state index >= 15 is 0 Å². The molecule has 7 heteroatoms. The molecule has 2 aliphatic heterocycles. The van der Waals surface area contributed by atoms with Crippen molar-refractivity contribution in [3.05, 3.63) is 60.2 Å². The lowest BCUT2D eigenvalue weighted by Gasteiger charge is -2.43. The Kier molecular flexibility index (Phi) is 3.32. The van der Waals surface area contributed by atoms with Gasteiger partial charge in [0.2, 0.25) is 0 Å². The molecule has 0 amide bonds. The van der Waals surface area contributed by atoms with E-state index in [0.717, 1.165) is 59.8 Å². The molecule has 1 saturated heterocycles. The topological polar surface area (TPSA) is 45.9 Å². The van der Waals surface area contributed by atoms with Crippen molar-refractivity contribution in [2.24, 2.45) is 0 Å². The molecule has 1 atom stereocenters. The van der Waals surface area contributed by atoms with E-state index in [4.69, 9.17) is 9.72 Å². The van der Waals surface area contributed by atoms with Gasteiger partial charge in [0.15, 0.2) is 5.65 Å². The van der Waals surface area contributed by atoms with Crippen molar-refractivity contribution in [2.45, 2.75) is 30.8 Å². The van der Waals surface area contributed by atoms with Crippen LogP contribution in [0.3, 0.4) is 0 Å². The summed E-state index contributed by atoms with van der Waals surface area (Å²) in [6, 6.07) is 7.07. The summed E-state index contributed by atoms with van der Waals surface area (Å²) >= 11 is 0. The Balaban J connectivity index is 1.56. The van der Waals surface area contributed by atoms with Crippen LogP contribution in [0.5, 0.6) is 5.75 Å². The zero-order chi connectivity index (χ0) is 19.8. The predicted octanol–water partition coefficient (Wildman–Crippen LogP) is 3.43. The SMILES string of the molecule is C=C1c2cnn3ccc(nc23)N(C)C2(CC2)c2cc(F)ccc2OCC2CCN12. The molecule has 2 aromatic heterocycles. The molecule has 6 nitrogen and oxygen atoms in total. The van der Waals surface area contributed by atoms with Crippen molar-refractivity contribution in [3.8, 4) is 5.75 Å². The molecular formula is C22H22FN5O. The number of aromatic nitrogens is 3. The monoisotopic (exact) mass is 391 g/mol. The standard InChI is InChI=1S/C22H22FN5O/c1-14-17-12-24-28-10-6-20(25-21(17)28)26(2)22(7-8-22)18-11-15(23)3-4-19(18)29-13-16-5-9-27(14)16/h3-4,6,10-12,16H,1,5,7-9,13H2,2H3. The minimum absolute atomic E-state index is 0.239. The van der Waals surface area contributed by atoms with Gasteiger partial charge in [-0.05, 0) is 43.5 Å². The van der Waals surface area contributed by atoms with Gasteiger partial charge in [-0.2, -0.15) is 5.10 Å². The average molecular weight is 391 g/mol. The highest BCUT2D eigenvalue weighted by molar-refractivity contribution is 5.74. The fourth-order valence-electron chi connectivity index (χ4n) is 4.67. The van der Waals surface area contributed by atoms with E-state index in [9.17, 15) is 4.39 Å². The lowest BCUT2D eigenvalue weighted by Crippen LogP contribution is -2.49. The number of nitrogens with zero attached hydrogens (tertiary/aromatic N) is 5. The maximum absolute atomic E-state index is 14.2. The van der Waals surface area contributed by atoms with Crippen LogP contribution < -0.4 is 9.64 Å². The summed E-state index contributed by atoms with van der Waals surface area (Å²) in [7, 11) is 2.03. The van der Waals surface area contributed by atoms with Crippen LogP contribution >= 0.6 is 0 Å². The fourth-order valence-corrected chi connectivity index (χ4v) is 4.67. The Labute approximate surface area is 168 Å². The second-order valence-corrected chi connectivity index (χ2v) is 8.24. The smallest absolute Gasteiger partial charge is 0.166 e. The molecule has 1 spiro atoms. The quantitative estimate of drug-likeness (QED) is 0.588. The highest BCUT2D eigenvalue weighted by Crippen LogP contribution is 2.54. The molecule has 29 heavy (non-hydrogen) atoms. The molecule has 148 valence electrons. The Morgan fingerprint density at radius 3 is 2.90 bits per heavy atom. The first-order valence-electron chi connectivity index (χ1n) is 10.0. The van der Waals surface area contributed by atoms with Gasteiger partial charge in [0.25, 0.3) is 0 Å². The largest absolute Gasteiger partial charge is 0.491 e. The van der Waals surface area contributed by atoms with Crippen LogP contribution in [-0.4, -0.2) is 45.7 Å². The Morgan fingerprint density at radius 1 is 1.28 bits per heavy atom. The van der Waals surface area contributed by atoms with Gasteiger partial charge in [-0.1, -0.05) is 6.58 Å². The van der Waals surface area contributed by atoms with Gasteiger partial charge in [0.1, 0.15) is 24.0 Å². The van der Waals surface area contributed by atoms with E-state index < -0.39 is 0 Å². The molecule has 2 fully saturated rings. The summed E-state index contributed by atoms with van der Waals surface area (Å²) in [5.41, 5.74) is 3.26. The number of anilines is 1. The molecule has 0 radical (unpaired) electrons. The van der Waals surface area contributed by atoms with Crippen LogP contribution in [0.2, 0.25) is 0 Å². The van der Waals surface area contributed by atoms with Crippen LogP contribution in [0.25, 0.3) is 11.3 Å². The van der Waals surface area contributed by atoms with Gasteiger partial charge in [0, 0.05) is 31.0 Å². The Bertz CT molecular complexity index is 1150. The highest BCUT2D eigenvalue weighted by atomic mass is 19.1. The summed E-state index contributed by atoms with van der Waals surface area (Å²) in [5, 5.41) is 4.46. The van der Waals surface area contributed by atoms with E-state index in [1.165, 1.54) is 6.07 Å². The zero-order valence-corrected chi connectivity index (χ0v) is 16.3. The summed E-state index contributed by atoms with van der Waals surface area (Å²) in [4.78, 5) is 9.34. The normalized spacial score (nSPS) is 22.3. The van der Waals surface area contributed by atoms with Crippen LogP contribution in [-0.2, 0) is 5.54 Å². The van der Waals surface area contributed by atoms with Gasteiger partial charge < -0.3 is 14.5 Å². The minimum atomic E-state index is -0.298. The maximum atomic E-state index is 14.2. The lowest BCUT2D eigenvalue weighted by molar-refractivity contribution is 0.107. The number of rotatable bonds is 0. The summed E-state index contributed by atoms with van der Waals surface area (Å²) in [6.07, 6.45) is 6.67. The molecule has 2 bridgehead atoms. The number of hydrogen-bond donors (Lipinski definition) is 0. The second kappa shape index (κ2) is 5.72. The third-order valence-electron chi connectivity index (χ3n) is 6.74. The van der Waals surface area contributed by atoms with Crippen LogP contribution in [0.1, 0.15) is 30.4 Å². The van der Waals surface area contributed by atoms with Crippen molar-refractivity contribution in [2.75, 3.05) is 25.1 Å². The molecule has 3 aromatic rings. The molecule has 6 rings (SSSR count). The first kappa shape index (κ1) is 16.8. The van der Waals surface area contributed by atoms with Gasteiger partial charge in [0.05, 0.1) is 23.3 Å². The number of hydrogen-bond acceptors (Lipinski definition) is 5. The van der Waals surface area contributed by atoms with E-state index in [1.807, 2.05) is 25.5 Å². The van der Waals surface area contributed by atoms with Crippen molar-refractivity contribution < 1.29 is 9.13 Å². The van der Waals surface area contributed by atoms with Crippen LogP contribution in [0.4, 0.5) is 10.2 Å². The van der Waals surface area contributed by atoms with Gasteiger partial charge >= 0.3 is 0 Å². The second-order valence-electron chi connectivity index (χ2n) is 8.24. The molecular weight excluding hydrogens is 369 g/mol. The number of fused-ring (bicyclic) bond motifs is 4. The molecule has 1 unspecified atom stereocenters. The molecule has 3 aliphatic rings. The van der Waals surface area contributed by atoms with E-state index in [-0.39, 0.29) is 17.4 Å². The zero-order valence-electron chi connectivity index (χ0n) is 16.3. The average Bonchev–Trinajstić information content (AvgIpc) is 3.39. The lowest BCUT2D eigenvalue weighted by atomic mass is 10.0. The summed E-state index contributed by atoms with van der Waals surface area (Å²) in [6.45, 7) is 5.81. The first-order chi connectivity index (χ1) is 14.1. The number of benzene rings is 1. The van der Waals surface area contributed by atoms with Gasteiger partial charge in [-0.25, -0.2) is 13.9 Å². The Hall–Kier alpha value is -3.09. The first-order valence-corrected chi connectivity index (χ1v) is 10.0. The molecule has 1 aromatic carbocycles. The highest BCUT2D eigenvalue weighted by Gasteiger charge is 2.51. The van der Waals surface area contributed by atoms with Crippen molar-refractivity contribution >= 4 is 17.2 Å². The molecule has 1 aliphatic carbocycles. The molecule has 0 N–H and O–H groups in total.